The van der Waals surface area contributed by atoms with Gasteiger partial charge in [-0.15, -0.1) is 0 Å². The van der Waals surface area contributed by atoms with Gasteiger partial charge >= 0.3 is 5.97 Å². The zero-order valence-corrected chi connectivity index (χ0v) is 11.9. The molecule has 0 aromatic carbocycles. The van der Waals surface area contributed by atoms with Crippen LogP contribution in [0.3, 0.4) is 0 Å². The van der Waals surface area contributed by atoms with Gasteiger partial charge in [0, 0.05) is 13.2 Å². The van der Waals surface area contributed by atoms with Crippen molar-refractivity contribution in [3.63, 3.8) is 0 Å². The highest BCUT2D eigenvalue weighted by molar-refractivity contribution is 5.86. The van der Waals surface area contributed by atoms with Crippen LogP contribution in [0.4, 0.5) is 0 Å². The topological polar surface area (TPSA) is 76.1 Å². The Morgan fingerprint density at radius 2 is 2.15 bits per heavy atom. The fraction of sp³-hybridized carbons (Fsp3) is 0.857. The second-order valence-electron chi connectivity index (χ2n) is 5.49. The van der Waals surface area contributed by atoms with Crippen molar-refractivity contribution in [2.45, 2.75) is 57.3 Å². The van der Waals surface area contributed by atoms with E-state index in [1.165, 1.54) is 4.90 Å². The molecule has 2 aliphatic rings. The van der Waals surface area contributed by atoms with Gasteiger partial charge in [-0.25, -0.2) is 4.79 Å². The van der Waals surface area contributed by atoms with Gasteiger partial charge in [0.2, 0.25) is 0 Å². The van der Waals surface area contributed by atoms with Crippen LogP contribution in [0, 0.1) is 0 Å². The molecule has 6 heteroatoms. The van der Waals surface area contributed by atoms with Crippen LogP contribution in [0.25, 0.3) is 0 Å². The summed E-state index contributed by atoms with van der Waals surface area (Å²) in [6, 6.07) is -0.704. The maximum Gasteiger partial charge on any atom is 0.326 e. The van der Waals surface area contributed by atoms with Crippen LogP contribution >= 0.6 is 0 Å². The highest BCUT2D eigenvalue weighted by Crippen LogP contribution is 2.19. The third-order valence-corrected chi connectivity index (χ3v) is 3.97. The standard InChI is InChI=1S/C14H23NO5/c1-10(20-9-11-5-4-8-19-11)13(16)15-7-3-2-6-12(15)14(17)18/h10-12H,2-9H2,1H3,(H,17,18)/t10?,11?,12-/m1/s1. The molecule has 0 aromatic rings. The third kappa shape index (κ3) is 3.70. The lowest BCUT2D eigenvalue weighted by Gasteiger charge is -2.34. The SMILES string of the molecule is CC(OCC1CCCO1)C(=O)N1CCCC[C@@H]1C(=O)O. The molecule has 114 valence electrons. The van der Waals surface area contributed by atoms with Gasteiger partial charge in [-0.1, -0.05) is 0 Å². The molecule has 2 heterocycles. The van der Waals surface area contributed by atoms with Gasteiger partial charge in [0.05, 0.1) is 12.7 Å². The fourth-order valence-electron chi connectivity index (χ4n) is 2.78. The molecule has 2 aliphatic heterocycles. The number of nitrogens with zero attached hydrogens (tertiary/aromatic N) is 1. The average molecular weight is 285 g/mol. The number of hydrogen-bond donors (Lipinski definition) is 1. The first kappa shape index (κ1) is 15.3. The molecular formula is C14H23NO5. The second kappa shape index (κ2) is 7.04. The molecule has 20 heavy (non-hydrogen) atoms. The molecule has 3 atom stereocenters. The number of carbonyl (C=O) groups excluding carboxylic acids is 1. The predicted molar refractivity (Wildman–Crippen MR) is 71.4 cm³/mol. The Kier molecular flexibility index (Phi) is 5.37. The van der Waals surface area contributed by atoms with Gasteiger partial charge in [-0.3, -0.25) is 4.79 Å². The fourth-order valence-corrected chi connectivity index (χ4v) is 2.78. The van der Waals surface area contributed by atoms with Crippen molar-refractivity contribution in [3.05, 3.63) is 0 Å². The lowest BCUT2D eigenvalue weighted by molar-refractivity contribution is -0.158. The number of carboxylic acids is 1. The Labute approximate surface area is 119 Å². The smallest absolute Gasteiger partial charge is 0.326 e. The number of amides is 1. The van der Waals surface area contributed by atoms with Crippen LogP contribution in [-0.2, 0) is 19.1 Å². The Hall–Kier alpha value is -1.14. The van der Waals surface area contributed by atoms with Crippen molar-refractivity contribution >= 4 is 11.9 Å². The van der Waals surface area contributed by atoms with E-state index in [-0.39, 0.29) is 12.0 Å². The summed E-state index contributed by atoms with van der Waals surface area (Å²) in [4.78, 5) is 25.0. The molecule has 0 spiro atoms. The van der Waals surface area contributed by atoms with Crippen LogP contribution in [0.1, 0.15) is 39.0 Å². The lowest BCUT2D eigenvalue weighted by Crippen LogP contribution is -2.51. The van der Waals surface area contributed by atoms with Crippen molar-refractivity contribution < 1.29 is 24.2 Å². The first-order valence-corrected chi connectivity index (χ1v) is 7.36. The zero-order chi connectivity index (χ0) is 14.5. The third-order valence-electron chi connectivity index (χ3n) is 3.97. The van der Waals surface area contributed by atoms with Crippen molar-refractivity contribution in [2.24, 2.45) is 0 Å². The molecule has 0 bridgehead atoms. The summed E-state index contributed by atoms with van der Waals surface area (Å²) in [5.41, 5.74) is 0. The van der Waals surface area contributed by atoms with E-state index in [0.717, 1.165) is 32.3 Å². The van der Waals surface area contributed by atoms with Crippen LogP contribution < -0.4 is 0 Å². The number of rotatable bonds is 5. The number of aliphatic carboxylic acids is 1. The predicted octanol–water partition coefficient (Wildman–Crippen LogP) is 1.04. The van der Waals surface area contributed by atoms with E-state index in [1.54, 1.807) is 6.92 Å². The van der Waals surface area contributed by atoms with E-state index >= 15 is 0 Å². The van der Waals surface area contributed by atoms with Gasteiger partial charge in [-0.2, -0.15) is 0 Å². The van der Waals surface area contributed by atoms with Crippen molar-refractivity contribution in [3.8, 4) is 0 Å². The van der Waals surface area contributed by atoms with Crippen LogP contribution in [-0.4, -0.2) is 59.9 Å². The van der Waals surface area contributed by atoms with E-state index in [1.807, 2.05) is 0 Å². The highest BCUT2D eigenvalue weighted by Gasteiger charge is 2.34. The number of piperidine rings is 1. The summed E-state index contributed by atoms with van der Waals surface area (Å²) in [7, 11) is 0. The largest absolute Gasteiger partial charge is 0.480 e. The van der Waals surface area contributed by atoms with Crippen molar-refractivity contribution in [1.82, 2.24) is 4.90 Å². The van der Waals surface area contributed by atoms with E-state index in [9.17, 15) is 14.7 Å². The normalized spacial score (nSPS) is 28.4. The molecule has 0 saturated carbocycles. The molecule has 2 unspecified atom stereocenters. The molecule has 1 N–H and O–H groups in total. The van der Waals surface area contributed by atoms with Crippen LogP contribution in [0.15, 0.2) is 0 Å². The highest BCUT2D eigenvalue weighted by atomic mass is 16.5. The number of carbonyl (C=O) groups is 2. The minimum absolute atomic E-state index is 0.0712. The molecular weight excluding hydrogens is 262 g/mol. The molecule has 6 nitrogen and oxygen atoms in total. The molecule has 2 rings (SSSR count). The van der Waals surface area contributed by atoms with Crippen molar-refractivity contribution in [2.75, 3.05) is 19.8 Å². The molecule has 0 aliphatic carbocycles. The number of ether oxygens (including phenoxy) is 2. The molecule has 1 amide bonds. The Bertz CT molecular complexity index is 353. The van der Waals surface area contributed by atoms with Crippen LogP contribution in [0.5, 0.6) is 0 Å². The maximum atomic E-state index is 12.3. The Balaban J connectivity index is 1.85. The summed E-state index contributed by atoms with van der Waals surface area (Å²) in [6.45, 7) is 3.34. The summed E-state index contributed by atoms with van der Waals surface area (Å²) in [5.74, 6) is -1.15. The summed E-state index contributed by atoms with van der Waals surface area (Å²) >= 11 is 0. The van der Waals surface area contributed by atoms with Crippen molar-refractivity contribution in [1.29, 1.82) is 0 Å². The first-order chi connectivity index (χ1) is 9.59. The number of carboxylic acid groups (broad SMARTS) is 1. The summed E-state index contributed by atoms with van der Waals surface area (Å²) in [5, 5.41) is 9.19. The van der Waals surface area contributed by atoms with E-state index < -0.39 is 18.1 Å². The van der Waals surface area contributed by atoms with E-state index in [2.05, 4.69) is 0 Å². The van der Waals surface area contributed by atoms with Gasteiger partial charge < -0.3 is 19.5 Å². The maximum absolute atomic E-state index is 12.3. The minimum Gasteiger partial charge on any atom is -0.480 e. The quantitative estimate of drug-likeness (QED) is 0.816. The van der Waals surface area contributed by atoms with Gasteiger partial charge in [-0.05, 0) is 39.0 Å². The van der Waals surface area contributed by atoms with Gasteiger partial charge in [0.15, 0.2) is 0 Å². The lowest BCUT2D eigenvalue weighted by atomic mass is 10.0. The average Bonchev–Trinajstić information content (AvgIpc) is 2.97. The Morgan fingerprint density at radius 1 is 1.35 bits per heavy atom. The molecule has 2 fully saturated rings. The monoisotopic (exact) mass is 285 g/mol. The first-order valence-electron chi connectivity index (χ1n) is 7.36. The zero-order valence-electron chi connectivity index (χ0n) is 11.9. The Morgan fingerprint density at radius 3 is 2.80 bits per heavy atom. The molecule has 0 aromatic heterocycles. The summed E-state index contributed by atoms with van der Waals surface area (Å²) < 4.78 is 11.0. The number of likely N-dealkylation sites (tertiary alicyclic amines) is 1. The number of hydrogen-bond acceptors (Lipinski definition) is 4. The van der Waals surface area contributed by atoms with Crippen LogP contribution in [0.2, 0.25) is 0 Å². The van der Waals surface area contributed by atoms with Gasteiger partial charge in [0.1, 0.15) is 12.1 Å². The summed E-state index contributed by atoms with van der Waals surface area (Å²) in [6.07, 6.45) is 3.69. The van der Waals surface area contributed by atoms with Gasteiger partial charge in [0.25, 0.3) is 5.91 Å². The second-order valence-corrected chi connectivity index (χ2v) is 5.49. The molecule has 0 radical (unpaired) electrons. The minimum atomic E-state index is -0.927. The van der Waals surface area contributed by atoms with E-state index in [4.69, 9.17) is 9.47 Å². The molecule has 2 saturated heterocycles. The van der Waals surface area contributed by atoms with E-state index in [0.29, 0.717) is 19.6 Å².